The molecule has 4 nitrogen and oxygen atoms in total. The molecule has 1 rings (SSSR count). The van der Waals surface area contributed by atoms with E-state index in [1.54, 1.807) is 25.2 Å². The van der Waals surface area contributed by atoms with E-state index in [1.165, 1.54) is 4.31 Å². The van der Waals surface area contributed by atoms with Crippen molar-refractivity contribution >= 4 is 10.0 Å². The third-order valence-corrected chi connectivity index (χ3v) is 5.58. The molecule has 0 radical (unpaired) electrons. The maximum Gasteiger partial charge on any atom is 0.242 e. The monoisotopic (exact) mass is 298 g/mol. The number of nitrogens with one attached hydrogen (secondary N) is 1. The van der Waals surface area contributed by atoms with Gasteiger partial charge in [-0.1, -0.05) is 32.4 Å². The van der Waals surface area contributed by atoms with Gasteiger partial charge in [0.05, 0.1) is 4.90 Å². The molecule has 2 unspecified atom stereocenters. The van der Waals surface area contributed by atoms with Gasteiger partial charge >= 0.3 is 0 Å². The van der Waals surface area contributed by atoms with Gasteiger partial charge in [-0.15, -0.1) is 0 Å². The first kappa shape index (κ1) is 17.1. The van der Waals surface area contributed by atoms with E-state index in [9.17, 15) is 8.42 Å². The van der Waals surface area contributed by atoms with Crippen molar-refractivity contribution in [3.63, 3.8) is 0 Å². The van der Waals surface area contributed by atoms with Crippen molar-refractivity contribution in [3.05, 3.63) is 29.8 Å². The molecular formula is C15H26N2O2S. The summed E-state index contributed by atoms with van der Waals surface area (Å²) < 4.78 is 26.6. The number of sulfonamides is 1. The van der Waals surface area contributed by atoms with Crippen molar-refractivity contribution in [3.8, 4) is 0 Å². The van der Waals surface area contributed by atoms with E-state index in [1.807, 2.05) is 20.0 Å². The molecule has 0 aromatic heterocycles. The van der Waals surface area contributed by atoms with Crippen LogP contribution in [0.5, 0.6) is 0 Å². The van der Waals surface area contributed by atoms with Crippen molar-refractivity contribution < 1.29 is 8.42 Å². The topological polar surface area (TPSA) is 49.4 Å². The van der Waals surface area contributed by atoms with Crippen LogP contribution in [0.25, 0.3) is 0 Å². The fraction of sp³-hybridized carbons (Fsp3) is 0.600. The Labute approximate surface area is 123 Å². The first-order valence-corrected chi connectivity index (χ1v) is 8.50. The number of rotatable bonds is 7. The average Bonchev–Trinajstić information content (AvgIpc) is 2.46. The van der Waals surface area contributed by atoms with Crippen LogP contribution in [0.3, 0.4) is 0 Å². The average molecular weight is 298 g/mol. The molecule has 0 aliphatic carbocycles. The number of hydrogen-bond acceptors (Lipinski definition) is 3. The Morgan fingerprint density at radius 3 is 2.50 bits per heavy atom. The quantitative estimate of drug-likeness (QED) is 0.842. The number of benzene rings is 1. The lowest BCUT2D eigenvalue weighted by Crippen LogP contribution is -2.31. The van der Waals surface area contributed by atoms with Gasteiger partial charge in [0.1, 0.15) is 0 Å². The van der Waals surface area contributed by atoms with Crippen LogP contribution in [0, 0.1) is 5.92 Å². The Morgan fingerprint density at radius 1 is 1.30 bits per heavy atom. The van der Waals surface area contributed by atoms with Crippen LogP contribution in [-0.4, -0.2) is 33.4 Å². The molecular weight excluding hydrogens is 272 g/mol. The van der Waals surface area contributed by atoms with E-state index in [0.29, 0.717) is 17.4 Å². The van der Waals surface area contributed by atoms with Crippen molar-refractivity contribution in [2.75, 3.05) is 20.6 Å². The normalized spacial score (nSPS) is 15.3. The molecule has 0 amide bonds. The second-order valence-electron chi connectivity index (χ2n) is 5.38. The van der Waals surface area contributed by atoms with Crippen molar-refractivity contribution in [1.82, 2.24) is 9.62 Å². The highest BCUT2D eigenvalue weighted by atomic mass is 32.2. The highest BCUT2D eigenvalue weighted by Crippen LogP contribution is 2.20. The lowest BCUT2D eigenvalue weighted by Gasteiger charge is -2.21. The molecule has 1 N–H and O–H groups in total. The smallest absolute Gasteiger partial charge is 0.242 e. The van der Waals surface area contributed by atoms with E-state index in [0.717, 1.165) is 12.0 Å². The molecule has 0 aliphatic rings. The highest BCUT2D eigenvalue weighted by molar-refractivity contribution is 7.89. The van der Waals surface area contributed by atoms with Gasteiger partial charge in [0.15, 0.2) is 0 Å². The van der Waals surface area contributed by atoms with Crippen LogP contribution >= 0.6 is 0 Å². The zero-order valence-corrected chi connectivity index (χ0v) is 13.9. The molecule has 114 valence electrons. The number of nitrogens with zero attached hydrogens (tertiary/aromatic N) is 1. The molecule has 1 aromatic rings. The summed E-state index contributed by atoms with van der Waals surface area (Å²) in [5.74, 6) is 0.356. The zero-order valence-electron chi connectivity index (χ0n) is 13.1. The second kappa shape index (κ2) is 7.20. The molecule has 20 heavy (non-hydrogen) atoms. The van der Waals surface area contributed by atoms with Crippen LogP contribution in [0.1, 0.15) is 38.8 Å². The Morgan fingerprint density at radius 2 is 1.95 bits per heavy atom. The molecule has 0 fully saturated rings. The second-order valence-corrected chi connectivity index (χ2v) is 7.43. The van der Waals surface area contributed by atoms with Crippen LogP contribution < -0.4 is 5.32 Å². The van der Waals surface area contributed by atoms with Gasteiger partial charge in [-0.25, -0.2) is 12.7 Å². The number of hydrogen-bond donors (Lipinski definition) is 1. The fourth-order valence-corrected chi connectivity index (χ4v) is 3.30. The van der Waals surface area contributed by atoms with E-state index in [2.05, 4.69) is 19.2 Å². The van der Waals surface area contributed by atoms with Crippen LogP contribution in [0.4, 0.5) is 0 Å². The first-order valence-electron chi connectivity index (χ1n) is 7.06. The summed E-state index contributed by atoms with van der Waals surface area (Å²) in [7, 11) is 0.108. The minimum Gasteiger partial charge on any atom is -0.313 e. The maximum atomic E-state index is 12.6. The van der Waals surface area contributed by atoms with Gasteiger partial charge in [-0.05, 0) is 37.6 Å². The summed E-state index contributed by atoms with van der Waals surface area (Å²) in [5.41, 5.74) is 0.977. The predicted octanol–water partition coefficient (Wildman–Crippen LogP) is 2.63. The SMILES string of the molecule is CCC(C)CN(C)S(=O)(=O)c1cccc(C(C)NC)c1. The summed E-state index contributed by atoms with van der Waals surface area (Å²) in [6.07, 6.45) is 0.969. The van der Waals surface area contributed by atoms with E-state index >= 15 is 0 Å². The molecule has 0 aliphatic heterocycles. The maximum absolute atomic E-state index is 12.6. The summed E-state index contributed by atoms with van der Waals surface area (Å²) in [6, 6.07) is 7.28. The molecule has 1 aromatic carbocycles. The van der Waals surface area contributed by atoms with Gasteiger partial charge in [0.25, 0.3) is 0 Å². The minimum atomic E-state index is -3.40. The zero-order chi connectivity index (χ0) is 15.3. The molecule has 0 bridgehead atoms. The van der Waals surface area contributed by atoms with Crippen LogP contribution in [0.15, 0.2) is 29.2 Å². The lowest BCUT2D eigenvalue weighted by molar-refractivity contribution is 0.393. The molecule has 0 saturated carbocycles. The third-order valence-electron chi connectivity index (χ3n) is 3.76. The van der Waals surface area contributed by atoms with E-state index < -0.39 is 10.0 Å². The van der Waals surface area contributed by atoms with Gasteiger partial charge in [0, 0.05) is 19.6 Å². The first-order chi connectivity index (χ1) is 9.32. The predicted molar refractivity (Wildman–Crippen MR) is 83.2 cm³/mol. The van der Waals surface area contributed by atoms with E-state index in [-0.39, 0.29) is 6.04 Å². The van der Waals surface area contributed by atoms with Gasteiger partial charge in [-0.2, -0.15) is 0 Å². The molecule has 5 heteroatoms. The fourth-order valence-electron chi connectivity index (χ4n) is 1.96. The minimum absolute atomic E-state index is 0.130. The molecule has 2 atom stereocenters. The van der Waals surface area contributed by atoms with E-state index in [4.69, 9.17) is 0 Å². The summed E-state index contributed by atoms with van der Waals surface area (Å²) in [6.45, 7) is 6.69. The summed E-state index contributed by atoms with van der Waals surface area (Å²) >= 11 is 0. The standard InChI is InChI=1S/C15H26N2O2S/c1-6-12(2)11-17(5)20(18,19)15-9-7-8-14(10-15)13(3)16-4/h7-10,12-13,16H,6,11H2,1-5H3. The van der Waals surface area contributed by atoms with Crippen molar-refractivity contribution in [1.29, 1.82) is 0 Å². The molecule has 0 saturated heterocycles. The van der Waals surface area contributed by atoms with Crippen LogP contribution in [0.2, 0.25) is 0 Å². The largest absolute Gasteiger partial charge is 0.313 e. The van der Waals surface area contributed by atoms with Gasteiger partial charge < -0.3 is 5.32 Å². The lowest BCUT2D eigenvalue weighted by atomic mass is 10.1. The van der Waals surface area contributed by atoms with Crippen molar-refractivity contribution in [2.45, 2.75) is 38.1 Å². The van der Waals surface area contributed by atoms with Gasteiger partial charge in [0.2, 0.25) is 10.0 Å². The summed E-state index contributed by atoms with van der Waals surface area (Å²) in [5, 5.41) is 3.12. The Kier molecular flexibility index (Phi) is 6.17. The molecule has 0 spiro atoms. The third kappa shape index (κ3) is 4.04. The van der Waals surface area contributed by atoms with Crippen LogP contribution in [-0.2, 0) is 10.0 Å². The highest BCUT2D eigenvalue weighted by Gasteiger charge is 2.22. The van der Waals surface area contributed by atoms with Crippen molar-refractivity contribution in [2.24, 2.45) is 5.92 Å². The Bertz CT molecular complexity index is 528. The Hall–Kier alpha value is -0.910. The summed E-state index contributed by atoms with van der Waals surface area (Å²) in [4.78, 5) is 0.364. The Balaban J connectivity index is 3.03. The van der Waals surface area contributed by atoms with Gasteiger partial charge in [-0.3, -0.25) is 0 Å². The molecule has 0 heterocycles.